The normalized spacial score (nSPS) is 10.5. The van der Waals surface area contributed by atoms with Crippen molar-refractivity contribution in [2.45, 2.75) is 33.2 Å². The Morgan fingerprint density at radius 3 is 2.62 bits per heavy atom. The predicted molar refractivity (Wildman–Crippen MR) is 70.1 cm³/mol. The van der Waals surface area contributed by atoms with Crippen LogP contribution in [-0.4, -0.2) is 5.91 Å². The molecule has 2 nitrogen and oxygen atoms in total. The molecule has 1 rings (SSSR count). The highest BCUT2D eigenvalue weighted by atomic mass is 79.9. The van der Waals surface area contributed by atoms with Gasteiger partial charge in [0.05, 0.1) is 0 Å². The summed E-state index contributed by atoms with van der Waals surface area (Å²) < 4.78 is 1.04. The summed E-state index contributed by atoms with van der Waals surface area (Å²) in [5.74, 6) is 0.303. The zero-order valence-electron chi connectivity index (χ0n) is 9.79. The van der Waals surface area contributed by atoms with E-state index in [1.165, 1.54) is 0 Å². The standard InChI is InChI=1S/C13H18BrNO/c1-3-11(4-2)13(16)15-9-10-6-5-7-12(14)8-10/h5-8,11H,3-4,9H2,1-2H3,(H,15,16). The van der Waals surface area contributed by atoms with E-state index in [1.807, 2.05) is 38.1 Å². The third kappa shape index (κ3) is 3.97. The minimum absolute atomic E-state index is 0.146. The Balaban J connectivity index is 2.48. The Morgan fingerprint density at radius 1 is 1.38 bits per heavy atom. The first-order valence-corrected chi connectivity index (χ1v) is 6.48. The number of hydrogen-bond donors (Lipinski definition) is 1. The highest BCUT2D eigenvalue weighted by molar-refractivity contribution is 9.10. The molecule has 0 unspecified atom stereocenters. The summed E-state index contributed by atoms with van der Waals surface area (Å²) in [5, 5.41) is 2.97. The van der Waals surface area contributed by atoms with Gasteiger partial charge in [-0.3, -0.25) is 4.79 Å². The lowest BCUT2D eigenvalue weighted by molar-refractivity contribution is -0.125. The van der Waals surface area contributed by atoms with Crippen molar-refractivity contribution >= 4 is 21.8 Å². The number of benzene rings is 1. The second kappa shape index (κ2) is 6.69. The molecule has 16 heavy (non-hydrogen) atoms. The molecule has 0 aliphatic heterocycles. The molecule has 0 spiro atoms. The van der Waals surface area contributed by atoms with Gasteiger partial charge in [-0.1, -0.05) is 41.9 Å². The third-order valence-corrected chi connectivity index (χ3v) is 3.21. The summed E-state index contributed by atoms with van der Waals surface area (Å²) in [7, 11) is 0. The fraction of sp³-hybridized carbons (Fsp3) is 0.462. The molecular formula is C13H18BrNO. The van der Waals surface area contributed by atoms with E-state index in [0.29, 0.717) is 6.54 Å². The Kier molecular flexibility index (Phi) is 5.53. The van der Waals surface area contributed by atoms with Gasteiger partial charge < -0.3 is 5.32 Å². The van der Waals surface area contributed by atoms with Crippen LogP contribution in [0.2, 0.25) is 0 Å². The van der Waals surface area contributed by atoms with Gasteiger partial charge in [-0.15, -0.1) is 0 Å². The molecule has 0 saturated heterocycles. The molecule has 88 valence electrons. The van der Waals surface area contributed by atoms with E-state index in [4.69, 9.17) is 0 Å². The lowest BCUT2D eigenvalue weighted by atomic mass is 10.0. The van der Waals surface area contributed by atoms with Crippen LogP contribution in [0.1, 0.15) is 32.3 Å². The molecule has 0 atom stereocenters. The monoisotopic (exact) mass is 283 g/mol. The molecule has 0 heterocycles. The molecule has 0 aliphatic carbocycles. The average molecular weight is 284 g/mol. The average Bonchev–Trinajstić information content (AvgIpc) is 2.28. The van der Waals surface area contributed by atoms with Crippen LogP contribution in [0.4, 0.5) is 0 Å². The van der Waals surface area contributed by atoms with Gasteiger partial charge in [-0.25, -0.2) is 0 Å². The Morgan fingerprint density at radius 2 is 2.06 bits per heavy atom. The summed E-state index contributed by atoms with van der Waals surface area (Å²) in [6.45, 7) is 4.70. The first-order valence-electron chi connectivity index (χ1n) is 5.69. The van der Waals surface area contributed by atoms with E-state index >= 15 is 0 Å². The summed E-state index contributed by atoms with van der Waals surface area (Å²) in [6, 6.07) is 7.99. The van der Waals surface area contributed by atoms with Crippen molar-refractivity contribution in [1.29, 1.82) is 0 Å². The van der Waals surface area contributed by atoms with E-state index < -0.39 is 0 Å². The maximum Gasteiger partial charge on any atom is 0.223 e. The number of halogens is 1. The van der Waals surface area contributed by atoms with Gasteiger partial charge in [0.15, 0.2) is 0 Å². The zero-order valence-corrected chi connectivity index (χ0v) is 11.4. The van der Waals surface area contributed by atoms with Crippen LogP contribution < -0.4 is 5.32 Å². The lowest BCUT2D eigenvalue weighted by Gasteiger charge is -2.12. The van der Waals surface area contributed by atoms with Gasteiger partial charge in [0.25, 0.3) is 0 Å². The number of carbonyl (C=O) groups excluding carboxylic acids is 1. The maximum atomic E-state index is 11.7. The fourth-order valence-corrected chi connectivity index (χ4v) is 2.09. The maximum absolute atomic E-state index is 11.7. The van der Waals surface area contributed by atoms with E-state index in [9.17, 15) is 4.79 Å². The van der Waals surface area contributed by atoms with Crippen molar-refractivity contribution in [1.82, 2.24) is 5.32 Å². The Labute approximate surface area is 106 Å². The van der Waals surface area contributed by atoms with E-state index in [1.54, 1.807) is 0 Å². The highest BCUT2D eigenvalue weighted by Crippen LogP contribution is 2.12. The van der Waals surface area contributed by atoms with E-state index in [-0.39, 0.29) is 11.8 Å². The van der Waals surface area contributed by atoms with Gasteiger partial charge in [0, 0.05) is 16.9 Å². The molecule has 1 aromatic carbocycles. The predicted octanol–water partition coefficient (Wildman–Crippen LogP) is 3.50. The van der Waals surface area contributed by atoms with Gasteiger partial charge in [0.1, 0.15) is 0 Å². The van der Waals surface area contributed by atoms with Crippen molar-refractivity contribution in [3.8, 4) is 0 Å². The minimum atomic E-state index is 0.146. The molecule has 0 fully saturated rings. The van der Waals surface area contributed by atoms with Crippen LogP contribution in [0.3, 0.4) is 0 Å². The molecule has 0 radical (unpaired) electrons. The molecule has 3 heteroatoms. The molecule has 0 aromatic heterocycles. The number of carbonyl (C=O) groups is 1. The number of rotatable bonds is 5. The van der Waals surface area contributed by atoms with Gasteiger partial charge in [0.2, 0.25) is 5.91 Å². The van der Waals surface area contributed by atoms with Crippen LogP contribution >= 0.6 is 15.9 Å². The largest absolute Gasteiger partial charge is 0.352 e. The molecule has 1 amide bonds. The molecule has 0 bridgehead atoms. The van der Waals surface area contributed by atoms with Crippen LogP contribution in [-0.2, 0) is 11.3 Å². The number of hydrogen-bond acceptors (Lipinski definition) is 1. The molecule has 0 saturated carbocycles. The minimum Gasteiger partial charge on any atom is -0.352 e. The first kappa shape index (κ1) is 13.2. The number of nitrogens with one attached hydrogen (secondary N) is 1. The van der Waals surface area contributed by atoms with Crippen LogP contribution in [0.25, 0.3) is 0 Å². The van der Waals surface area contributed by atoms with Gasteiger partial charge in [-0.05, 0) is 30.5 Å². The Hall–Kier alpha value is -0.830. The summed E-state index contributed by atoms with van der Waals surface area (Å²) in [6.07, 6.45) is 1.81. The zero-order chi connectivity index (χ0) is 12.0. The van der Waals surface area contributed by atoms with Crippen LogP contribution in [0, 0.1) is 5.92 Å². The fourth-order valence-electron chi connectivity index (χ4n) is 1.64. The lowest BCUT2D eigenvalue weighted by Crippen LogP contribution is -2.29. The second-order valence-electron chi connectivity index (χ2n) is 3.86. The van der Waals surface area contributed by atoms with Crippen LogP contribution in [0.15, 0.2) is 28.7 Å². The van der Waals surface area contributed by atoms with Crippen molar-refractivity contribution in [2.75, 3.05) is 0 Å². The smallest absolute Gasteiger partial charge is 0.223 e. The summed E-state index contributed by atoms with van der Waals surface area (Å²) in [5.41, 5.74) is 1.12. The highest BCUT2D eigenvalue weighted by Gasteiger charge is 2.12. The molecule has 0 aliphatic rings. The second-order valence-corrected chi connectivity index (χ2v) is 4.78. The first-order chi connectivity index (χ1) is 7.67. The van der Waals surface area contributed by atoms with Gasteiger partial charge >= 0.3 is 0 Å². The van der Waals surface area contributed by atoms with E-state index in [0.717, 1.165) is 22.9 Å². The molecular weight excluding hydrogens is 266 g/mol. The van der Waals surface area contributed by atoms with Gasteiger partial charge in [-0.2, -0.15) is 0 Å². The number of amides is 1. The van der Waals surface area contributed by atoms with Crippen molar-refractivity contribution in [3.63, 3.8) is 0 Å². The summed E-state index contributed by atoms with van der Waals surface area (Å²) in [4.78, 5) is 11.7. The topological polar surface area (TPSA) is 29.1 Å². The van der Waals surface area contributed by atoms with Crippen molar-refractivity contribution in [3.05, 3.63) is 34.3 Å². The Bertz CT molecular complexity index is 348. The van der Waals surface area contributed by atoms with Crippen molar-refractivity contribution in [2.24, 2.45) is 5.92 Å². The summed E-state index contributed by atoms with van der Waals surface area (Å²) >= 11 is 3.41. The molecule has 1 aromatic rings. The van der Waals surface area contributed by atoms with E-state index in [2.05, 4.69) is 21.2 Å². The molecule has 1 N–H and O–H groups in total. The van der Waals surface area contributed by atoms with Crippen molar-refractivity contribution < 1.29 is 4.79 Å². The third-order valence-electron chi connectivity index (χ3n) is 2.71. The SMILES string of the molecule is CCC(CC)C(=O)NCc1cccc(Br)c1. The quantitative estimate of drug-likeness (QED) is 0.881. The van der Waals surface area contributed by atoms with Crippen LogP contribution in [0.5, 0.6) is 0 Å².